The second-order valence-corrected chi connectivity index (χ2v) is 3.88. The Bertz CT molecular complexity index is 407. The fourth-order valence-electron chi connectivity index (χ4n) is 1.81. The van der Waals surface area contributed by atoms with Crippen LogP contribution in [0.15, 0.2) is 18.2 Å². The van der Waals surface area contributed by atoms with Crippen LogP contribution < -0.4 is 15.8 Å². The van der Waals surface area contributed by atoms with E-state index in [0.29, 0.717) is 13.2 Å². The summed E-state index contributed by atoms with van der Waals surface area (Å²) >= 11 is 0. The van der Waals surface area contributed by atoms with Crippen LogP contribution in [0.1, 0.15) is 11.1 Å². The van der Waals surface area contributed by atoms with Crippen LogP contribution in [0.25, 0.3) is 0 Å². The zero-order valence-electron chi connectivity index (χ0n) is 9.57. The van der Waals surface area contributed by atoms with Gasteiger partial charge in [-0.25, -0.2) is 4.79 Å². The molecule has 1 aliphatic heterocycles. The van der Waals surface area contributed by atoms with Gasteiger partial charge in [-0.3, -0.25) is 0 Å². The van der Waals surface area contributed by atoms with E-state index >= 15 is 0 Å². The average molecular weight is 236 g/mol. The highest BCUT2D eigenvalue weighted by Crippen LogP contribution is 2.25. The second kappa shape index (κ2) is 5.54. The molecule has 0 saturated carbocycles. The molecule has 1 amide bonds. The van der Waals surface area contributed by atoms with E-state index in [-0.39, 0.29) is 0 Å². The van der Waals surface area contributed by atoms with Crippen LogP contribution in [0.2, 0.25) is 0 Å². The molecular weight excluding hydrogens is 220 g/mol. The van der Waals surface area contributed by atoms with Crippen molar-refractivity contribution >= 4 is 6.09 Å². The molecule has 92 valence electrons. The van der Waals surface area contributed by atoms with E-state index in [1.807, 2.05) is 12.1 Å². The van der Waals surface area contributed by atoms with Gasteiger partial charge < -0.3 is 20.5 Å². The molecule has 0 bridgehead atoms. The quantitative estimate of drug-likeness (QED) is 0.742. The fraction of sp³-hybridized carbons (Fsp3) is 0.417. The van der Waals surface area contributed by atoms with Crippen molar-refractivity contribution in [3.05, 3.63) is 29.3 Å². The van der Waals surface area contributed by atoms with E-state index in [4.69, 9.17) is 10.5 Å². The maximum absolute atomic E-state index is 10.3. The van der Waals surface area contributed by atoms with Crippen molar-refractivity contribution in [1.29, 1.82) is 0 Å². The van der Waals surface area contributed by atoms with Crippen molar-refractivity contribution in [3.8, 4) is 5.75 Å². The summed E-state index contributed by atoms with van der Waals surface area (Å²) in [6, 6.07) is 6.18. The Morgan fingerprint density at radius 3 is 3.24 bits per heavy atom. The average Bonchev–Trinajstić information content (AvgIpc) is 2.75. The summed E-state index contributed by atoms with van der Waals surface area (Å²) in [7, 11) is 0. The Balaban J connectivity index is 1.74. The molecule has 1 aliphatic rings. The van der Waals surface area contributed by atoms with Gasteiger partial charge in [0.2, 0.25) is 0 Å². The molecule has 1 heterocycles. The van der Waals surface area contributed by atoms with Crippen molar-refractivity contribution in [2.45, 2.75) is 13.0 Å². The van der Waals surface area contributed by atoms with Crippen LogP contribution in [0.5, 0.6) is 5.75 Å². The molecule has 5 nitrogen and oxygen atoms in total. The molecular formula is C12H16N2O3. The maximum Gasteiger partial charge on any atom is 0.404 e. The predicted octanol–water partition coefficient (Wildman–Crippen LogP) is 0.806. The number of hydrogen-bond acceptors (Lipinski definition) is 4. The molecule has 17 heavy (non-hydrogen) atoms. The number of nitrogens with one attached hydrogen (secondary N) is 1. The summed E-state index contributed by atoms with van der Waals surface area (Å²) in [6.45, 7) is 2.41. The lowest BCUT2D eigenvalue weighted by Crippen LogP contribution is -2.23. The van der Waals surface area contributed by atoms with Gasteiger partial charge in [0, 0.05) is 19.5 Å². The first-order chi connectivity index (χ1) is 8.25. The van der Waals surface area contributed by atoms with Crippen molar-refractivity contribution in [3.63, 3.8) is 0 Å². The Hall–Kier alpha value is -1.75. The minimum atomic E-state index is -0.735. The number of amides is 1. The number of nitrogens with two attached hydrogens (primary N) is 1. The van der Waals surface area contributed by atoms with Crippen LogP contribution in [0.4, 0.5) is 4.79 Å². The van der Waals surface area contributed by atoms with Gasteiger partial charge in [0.1, 0.15) is 12.4 Å². The molecule has 0 spiro atoms. The van der Waals surface area contributed by atoms with Gasteiger partial charge in [0.05, 0.1) is 6.61 Å². The standard InChI is InChI=1S/C12H16N2O3/c13-12(15)17-6-4-14-8-9-1-2-11-10(7-9)3-5-16-11/h1-2,7,14H,3-6,8H2,(H2,13,15). The predicted molar refractivity (Wildman–Crippen MR) is 62.9 cm³/mol. The summed E-state index contributed by atoms with van der Waals surface area (Å²) in [4.78, 5) is 10.3. The Labute approximate surface area is 99.9 Å². The molecule has 2 rings (SSSR count). The lowest BCUT2D eigenvalue weighted by atomic mass is 10.1. The van der Waals surface area contributed by atoms with Gasteiger partial charge in [-0.15, -0.1) is 0 Å². The van der Waals surface area contributed by atoms with Crippen LogP contribution >= 0.6 is 0 Å². The molecule has 0 saturated heterocycles. The van der Waals surface area contributed by atoms with Crippen molar-refractivity contribution in [2.24, 2.45) is 5.73 Å². The number of benzene rings is 1. The Kier molecular flexibility index (Phi) is 3.82. The lowest BCUT2D eigenvalue weighted by molar-refractivity contribution is 0.157. The third kappa shape index (κ3) is 3.35. The summed E-state index contributed by atoms with van der Waals surface area (Å²) in [5, 5.41) is 3.17. The molecule has 5 heteroatoms. The molecule has 1 aromatic carbocycles. The summed E-state index contributed by atoms with van der Waals surface area (Å²) < 4.78 is 10.0. The van der Waals surface area contributed by atoms with E-state index in [1.54, 1.807) is 0 Å². The summed E-state index contributed by atoms with van der Waals surface area (Å²) in [5.74, 6) is 0.991. The maximum atomic E-state index is 10.3. The Morgan fingerprint density at radius 1 is 1.53 bits per heavy atom. The number of ether oxygens (including phenoxy) is 2. The molecule has 0 fully saturated rings. The van der Waals surface area contributed by atoms with Crippen LogP contribution in [0, 0.1) is 0 Å². The molecule has 0 radical (unpaired) electrons. The third-order valence-electron chi connectivity index (χ3n) is 2.61. The highest BCUT2D eigenvalue weighted by molar-refractivity contribution is 5.64. The number of carbonyl (C=O) groups excluding carboxylic acids is 1. The monoisotopic (exact) mass is 236 g/mol. The van der Waals surface area contributed by atoms with E-state index in [0.717, 1.165) is 25.3 Å². The van der Waals surface area contributed by atoms with Crippen molar-refractivity contribution < 1.29 is 14.3 Å². The SMILES string of the molecule is NC(=O)OCCNCc1ccc2c(c1)CCO2. The van der Waals surface area contributed by atoms with Gasteiger partial charge in [-0.05, 0) is 17.2 Å². The molecule has 0 aromatic heterocycles. The van der Waals surface area contributed by atoms with E-state index in [1.165, 1.54) is 11.1 Å². The minimum Gasteiger partial charge on any atom is -0.493 e. The normalized spacial score (nSPS) is 12.9. The lowest BCUT2D eigenvalue weighted by Gasteiger charge is -2.06. The van der Waals surface area contributed by atoms with Crippen molar-refractivity contribution in [2.75, 3.05) is 19.8 Å². The van der Waals surface area contributed by atoms with Gasteiger partial charge >= 0.3 is 6.09 Å². The first kappa shape index (κ1) is 11.7. The summed E-state index contributed by atoms with van der Waals surface area (Å²) in [6.07, 6.45) is 0.245. The largest absolute Gasteiger partial charge is 0.493 e. The van der Waals surface area contributed by atoms with Gasteiger partial charge in [-0.2, -0.15) is 0 Å². The number of rotatable bonds is 5. The molecule has 0 aliphatic carbocycles. The highest BCUT2D eigenvalue weighted by Gasteiger charge is 2.11. The molecule has 1 aromatic rings. The van der Waals surface area contributed by atoms with Crippen LogP contribution in [-0.4, -0.2) is 25.9 Å². The van der Waals surface area contributed by atoms with Gasteiger partial charge in [0.25, 0.3) is 0 Å². The highest BCUT2D eigenvalue weighted by atomic mass is 16.5. The number of primary amides is 1. The van der Waals surface area contributed by atoms with Crippen LogP contribution in [0.3, 0.4) is 0 Å². The zero-order chi connectivity index (χ0) is 12.1. The van der Waals surface area contributed by atoms with Gasteiger partial charge in [0.15, 0.2) is 0 Å². The smallest absolute Gasteiger partial charge is 0.404 e. The first-order valence-corrected chi connectivity index (χ1v) is 5.63. The number of fused-ring (bicyclic) bond motifs is 1. The van der Waals surface area contributed by atoms with E-state index in [9.17, 15) is 4.79 Å². The van der Waals surface area contributed by atoms with E-state index < -0.39 is 6.09 Å². The molecule has 0 unspecified atom stereocenters. The molecule has 3 N–H and O–H groups in total. The third-order valence-corrected chi connectivity index (χ3v) is 2.61. The van der Waals surface area contributed by atoms with Gasteiger partial charge in [-0.1, -0.05) is 12.1 Å². The van der Waals surface area contributed by atoms with Crippen LogP contribution in [-0.2, 0) is 17.7 Å². The van der Waals surface area contributed by atoms with Crippen molar-refractivity contribution in [1.82, 2.24) is 5.32 Å². The number of carbonyl (C=O) groups is 1. The second-order valence-electron chi connectivity index (χ2n) is 3.88. The zero-order valence-corrected chi connectivity index (χ0v) is 9.57. The molecule has 0 atom stereocenters. The topological polar surface area (TPSA) is 73.6 Å². The first-order valence-electron chi connectivity index (χ1n) is 5.63. The fourth-order valence-corrected chi connectivity index (χ4v) is 1.81. The Morgan fingerprint density at radius 2 is 2.41 bits per heavy atom. The summed E-state index contributed by atoms with van der Waals surface area (Å²) in [5.41, 5.74) is 7.31. The number of hydrogen-bond donors (Lipinski definition) is 2. The minimum absolute atomic E-state index is 0.295. The van der Waals surface area contributed by atoms with E-state index in [2.05, 4.69) is 16.1 Å².